The fourth-order valence-corrected chi connectivity index (χ4v) is 6.25. The fourth-order valence-electron chi connectivity index (χ4n) is 6.25. The number of hydrogen-bond acceptors (Lipinski definition) is 2. The molecule has 2 fully saturated rings. The highest BCUT2D eigenvalue weighted by Crippen LogP contribution is 2.52. The van der Waals surface area contributed by atoms with Gasteiger partial charge in [-0.2, -0.15) is 0 Å². The summed E-state index contributed by atoms with van der Waals surface area (Å²) in [5, 5.41) is 0. The van der Waals surface area contributed by atoms with E-state index in [9.17, 15) is 0 Å². The number of fused-ring (bicyclic) bond motifs is 2. The van der Waals surface area contributed by atoms with Crippen LogP contribution in [0.4, 0.5) is 0 Å². The Hall–Kier alpha value is -1.80. The van der Waals surface area contributed by atoms with Gasteiger partial charge in [-0.25, -0.2) is 0 Å². The number of allylic oxidation sites excluding steroid dienone is 5. The maximum atomic E-state index is 6.46. The Balaban J connectivity index is 0.000000882. The Morgan fingerprint density at radius 3 is 2.79 bits per heavy atom. The second kappa shape index (κ2) is 8.14. The minimum Gasteiger partial charge on any atom is -0.493 e. The molecule has 29 heavy (non-hydrogen) atoms. The van der Waals surface area contributed by atoms with Crippen LogP contribution < -0.4 is 4.74 Å². The third-order valence-electron chi connectivity index (χ3n) is 7.58. The number of ether oxygens (including phenoxy) is 2. The molecule has 0 aromatic heterocycles. The standard InChI is InChI=1S/C25H28O2.C2H6/c1-3-16-4-2-6-20(13-17(16)5-1)25-22-9-8-21(23(22)15-27-25)18-7-10-24-19(14-18)11-12-26-24;1-2/h2,4,7,10,13-14,21-23,25H,1,3,5-6,8-9,11-12,15H2;1-2H3. The van der Waals surface area contributed by atoms with E-state index in [-0.39, 0.29) is 0 Å². The lowest BCUT2D eigenvalue weighted by atomic mass is 9.82. The van der Waals surface area contributed by atoms with E-state index >= 15 is 0 Å². The van der Waals surface area contributed by atoms with Crippen LogP contribution in [-0.2, 0) is 11.2 Å². The minimum absolute atomic E-state index is 0.342. The largest absolute Gasteiger partial charge is 0.493 e. The second-order valence-electron chi connectivity index (χ2n) is 8.96. The van der Waals surface area contributed by atoms with Gasteiger partial charge >= 0.3 is 0 Å². The smallest absolute Gasteiger partial charge is 0.122 e. The molecule has 1 aromatic carbocycles. The zero-order chi connectivity index (χ0) is 19.8. The molecule has 1 saturated heterocycles. The van der Waals surface area contributed by atoms with Gasteiger partial charge in [0.05, 0.1) is 19.3 Å². The van der Waals surface area contributed by atoms with Gasteiger partial charge in [-0.05, 0) is 90.2 Å². The Labute approximate surface area is 175 Å². The van der Waals surface area contributed by atoms with E-state index in [4.69, 9.17) is 9.47 Å². The summed E-state index contributed by atoms with van der Waals surface area (Å²) in [5.41, 5.74) is 7.62. The zero-order valence-corrected chi connectivity index (χ0v) is 18.0. The summed E-state index contributed by atoms with van der Waals surface area (Å²) in [6, 6.07) is 6.94. The highest BCUT2D eigenvalue weighted by atomic mass is 16.5. The Morgan fingerprint density at radius 1 is 0.966 bits per heavy atom. The molecule has 0 radical (unpaired) electrons. The molecule has 1 saturated carbocycles. The molecule has 6 rings (SSSR count). The molecule has 0 N–H and O–H groups in total. The lowest BCUT2D eigenvalue weighted by Gasteiger charge is -2.21. The van der Waals surface area contributed by atoms with Crippen molar-refractivity contribution < 1.29 is 9.47 Å². The fraction of sp³-hybridized carbons (Fsp3) is 0.556. The van der Waals surface area contributed by atoms with Gasteiger partial charge in [0, 0.05) is 6.42 Å². The summed E-state index contributed by atoms with van der Waals surface area (Å²) in [5.74, 6) is 3.14. The van der Waals surface area contributed by atoms with E-state index in [1.165, 1.54) is 48.8 Å². The number of benzene rings is 1. The molecule has 4 unspecified atom stereocenters. The molecule has 2 aliphatic heterocycles. The molecule has 3 aliphatic carbocycles. The van der Waals surface area contributed by atoms with E-state index in [0.29, 0.717) is 23.9 Å². The van der Waals surface area contributed by atoms with E-state index in [2.05, 4.69) is 36.4 Å². The third-order valence-corrected chi connectivity index (χ3v) is 7.58. The minimum atomic E-state index is 0.342. The molecule has 0 bridgehead atoms. The average Bonchev–Trinajstić information content (AvgIpc) is 3.52. The van der Waals surface area contributed by atoms with Gasteiger partial charge in [-0.3, -0.25) is 0 Å². The highest BCUT2D eigenvalue weighted by Gasteiger charge is 2.47. The predicted molar refractivity (Wildman–Crippen MR) is 118 cm³/mol. The monoisotopic (exact) mass is 390 g/mol. The maximum absolute atomic E-state index is 6.46. The molecule has 2 heteroatoms. The van der Waals surface area contributed by atoms with Crippen LogP contribution in [0.2, 0.25) is 0 Å². The quantitative estimate of drug-likeness (QED) is 0.572. The van der Waals surface area contributed by atoms with Crippen molar-refractivity contribution in [3.8, 4) is 5.75 Å². The Bertz CT molecular complexity index is 859. The molecule has 0 amide bonds. The van der Waals surface area contributed by atoms with Gasteiger partial charge in [0.25, 0.3) is 0 Å². The Kier molecular flexibility index (Phi) is 5.39. The predicted octanol–water partition coefficient (Wildman–Crippen LogP) is 6.52. The third kappa shape index (κ3) is 3.40. The van der Waals surface area contributed by atoms with Crippen molar-refractivity contribution in [1.82, 2.24) is 0 Å². The van der Waals surface area contributed by atoms with Crippen LogP contribution in [0, 0.1) is 11.8 Å². The van der Waals surface area contributed by atoms with Crippen LogP contribution in [0.15, 0.2) is 53.1 Å². The van der Waals surface area contributed by atoms with E-state index in [1.807, 2.05) is 13.8 Å². The molecule has 154 valence electrons. The van der Waals surface area contributed by atoms with Gasteiger partial charge in [0.2, 0.25) is 0 Å². The summed E-state index contributed by atoms with van der Waals surface area (Å²) < 4.78 is 12.2. The van der Waals surface area contributed by atoms with Crippen LogP contribution in [0.3, 0.4) is 0 Å². The van der Waals surface area contributed by atoms with Gasteiger partial charge < -0.3 is 9.47 Å². The van der Waals surface area contributed by atoms with Crippen LogP contribution in [0.5, 0.6) is 5.75 Å². The first-order chi connectivity index (χ1) is 14.4. The molecular formula is C27H34O2. The number of rotatable bonds is 2. The molecule has 4 atom stereocenters. The van der Waals surface area contributed by atoms with Crippen molar-refractivity contribution in [1.29, 1.82) is 0 Å². The first-order valence-electron chi connectivity index (χ1n) is 11.8. The van der Waals surface area contributed by atoms with Crippen molar-refractivity contribution in [2.75, 3.05) is 13.2 Å². The van der Waals surface area contributed by atoms with Crippen molar-refractivity contribution in [3.63, 3.8) is 0 Å². The van der Waals surface area contributed by atoms with E-state index < -0.39 is 0 Å². The molecule has 0 spiro atoms. The SMILES string of the molecule is C1=CC2=C(C=C(C3OCC4C(c5ccc6c(c5)CCO6)CCC34)C1)CCC2.CC. The first kappa shape index (κ1) is 19.2. The summed E-state index contributed by atoms with van der Waals surface area (Å²) in [4.78, 5) is 0. The van der Waals surface area contributed by atoms with Crippen molar-refractivity contribution in [2.24, 2.45) is 11.8 Å². The van der Waals surface area contributed by atoms with Crippen LogP contribution in [-0.4, -0.2) is 19.3 Å². The highest BCUT2D eigenvalue weighted by molar-refractivity contribution is 5.44. The van der Waals surface area contributed by atoms with Crippen LogP contribution in [0.1, 0.15) is 69.4 Å². The van der Waals surface area contributed by atoms with E-state index in [1.54, 1.807) is 11.1 Å². The lowest BCUT2D eigenvalue weighted by Crippen LogP contribution is -2.20. The van der Waals surface area contributed by atoms with Crippen LogP contribution in [0.25, 0.3) is 0 Å². The van der Waals surface area contributed by atoms with Gasteiger partial charge in [0.1, 0.15) is 5.75 Å². The van der Waals surface area contributed by atoms with Crippen molar-refractivity contribution in [3.05, 3.63) is 64.3 Å². The normalized spacial score (nSPS) is 32.0. The average molecular weight is 391 g/mol. The van der Waals surface area contributed by atoms with E-state index in [0.717, 1.165) is 31.8 Å². The topological polar surface area (TPSA) is 18.5 Å². The van der Waals surface area contributed by atoms with Crippen molar-refractivity contribution in [2.45, 2.75) is 70.8 Å². The maximum Gasteiger partial charge on any atom is 0.122 e. The molecule has 2 nitrogen and oxygen atoms in total. The second-order valence-corrected chi connectivity index (χ2v) is 8.96. The Morgan fingerprint density at radius 2 is 1.86 bits per heavy atom. The van der Waals surface area contributed by atoms with Crippen molar-refractivity contribution >= 4 is 0 Å². The van der Waals surface area contributed by atoms with Gasteiger partial charge in [-0.15, -0.1) is 0 Å². The summed E-state index contributed by atoms with van der Waals surface area (Å²) in [6.45, 7) is 5.78. The zero-order valence-electron chi connectivity index (χ0n) is 18.0. The summed E-state index contributed by atoms with van der Waals surface area (Å²) in [7, 11) is 0. The molecular weight excluding hydrogens is 356 g/mol. The number of hydrogen-bond donors (Lipinski definition) is 0. The first-order valence-corrected chi connectivity index (χ1v) is 11.8. The lowest BCUT2D eigenvalue weighted by molar-refractivity contribution is 0.109. The summed E-state index contributed by atoms with van der Waals surface area (Å²) >= 11 is 0. The van der Waals surface area contributed by atoms with Gasteiger partial charge in [0.15, 0.2) is 0 Å². The summed E-state index contributed by atoms with van der Waals surface area (Å²) in [6.07, 6.45) is 16.2. The molecule has 2 heterocycles. The van der Waals surface area contributed by atoms with Gasteiger partial charge in [-0.1, -0.05) is 44.2 Å². The molecule has 1 aromatic rings. The van der Waals surface area contributed by atoms with Crippen LogP contribution >= 0.6 is 0 Å². The molecule has 5 aliphatic rings.